The molecule has 0 fully saturated rings. The number of rotatable bonds is 4. The molecule has 1 N–H and O–H groups in total. The molecule has 130 valence electrons. The van der Waals surface area contributed by atoms with Gasteiger partial charge in [-0.15, -0.1) is 0 Å². The summed E-state index contributed by atoms with van der Waals surface area (Å²) in [5, 5.41) is 13.2. The van der Waals surface area contributed by atoms with Gasteiger partial charge in [0.25, 0.3) is 0 Å². The van der Waals surface area contributed by atoms with E-state index in [9.17, 15) is 4.79 Å². The van der Waals surface area contributed by atoms with Crippen LogP contribution in [0.15, 0.2) is 30.5 Å². The molecule has 0 saturated carbocycles. The number of nitrogens with one attached hydrogen (secondary N) is 1. The van der Waals surface area contributed by atoms with E-state index >= 15 is 0 Å². The average molecular weight is 337 g/mol. The molecule has 1 atom stereocenters. The lowest BCUT2D eigenvalue weighted by atomic mass is 9.93. The zero-order valence-electron chi connectivity index (χ0n) is 14.7. The third kappa shape index (κ3) is 2.92. The molecule has 1 aliphatic rings. The first kappa shape index (κ1) is 15.9. The highest BCUT2D eigenvalue weighted by Crippen LogP contribution is 2.29. The Kier molecular flexibility index (Phi) is 4.03. The van der Waals surface area contributed by atoms with Crippen molar-refractivity contribution in [1.82, 2.24) is 24.9 Å². The Balaban J connectivity index is 1.43. The molecule has 2 heterocycles. The third-order valence-corrected chi connectivity index (χ3v) is 5.10. The van der Waals surface area contributed by atoms with Crippen molar-refractivity contribution in [3.8, 4) is 0 Å². The Hall–Kier alpha value is -2.63. The summed E-state index contributed by atoms with van der Waals surface area (Å²) in [6.07, 6.45) is 5.42. The first-order chi connectivity index (χ1) is 12.1. The fraction of sp³-hybridized carbons (Fsp3) is 0.421. The van der Waals surface area contributed by atoms with Crippen molar-refractivity contribution in [2.45, 2.75) is 45.2 Å². The Morgan fingerprint density at radius 2 is 2.20 bits per heavy atom. The van der Waals surface area contributed by atoms with Crippen LogP contribution >= 0.6 is 0 Å². The Morgan fingerprint density at radius 1 is 1.36 bits per heavy atom. The number of benzene rings is 1. The Labute approximate surface area is 146 Å². The van der Waals surface area contributed by atoms with E-state index in [1.807, 2.05) is 41.7 Å². The van der Waals surface area contributed by atoms with Crippen molar-refractivity contribution in [3.05, 3.63) is 47.4 Å². The molecule has 0 aliphatic heterocycles. The van der Waals surface area contributed by atoms with Crippen LogP contribution in [0.2, 0.25) is 0 Å². The fourth-order valence-corrected chi connectivity index (χ4v) is 3.79. The second-order valence-corrected chi connectivity index (χ2v) is 6.76. The number of nitrogens with zero attached hydrogens (tertiary/aromatic N) is 4. The van der Waals surface area contributed by atoms with Gasteiger partial charge in [0.15, 0.2) is 0 Å². The van der Waals surface area contributed by atoms with Gasteiger partial charge >= 0.3 is 0 Å². The standard InChI is InChI=1S/C19H23N5O/c1-13-14-6-3-4-8-18(14)24(22-13)11-10-19(25)21-16-7-5-9-17-15(16)12-20-23(17)2/h3-4,6,8,12,16H,5,7,9-11H2,1-2H3,(H,21,25)/t16-/m1/s1. The van der Waals surface area contributed by atoms with Crippen molar-refractivity contribution in [1.29, 1.82) is 0 Å². The van der Waals surface area contributed by atoms with Crippen LogP contribution in [-0.4, -0.2) is 25.5 Å². The van der Waals surface area contributed by atoms with Crippen molar-refractivity contribution >= 4 is 16.8 Å². The topological polar surface area (TPSA) is 64.7 Å². The van der Waals surface area contributed by atoms with E-state index in [2.05, 4.69) is 27.6 Å². The molecular formula is C19H23N5O. The largest absolute Gasteiger partial charge is 0.349 e. The predicted molar refractivity (Wildman–Crippen MR) is 96.1 cm³/mol. The highest BCUT2D eigenvalue weighted by molar-refractivity contribution is 5.82. The Bertz CT molecular complexity index is 923. The molecule has 6 heteroatoms. The second kappa shape index (κ2) is 6.35. The van der Waals surface area contributed by atoms with Crippen LogP contribution in [0.5, 0.6) is 0 Å². The minimum Gasteiger partial charge on any atom is -0.349 e. The third-order valence-electron chi connectivity index (χ3n) is 5.10. The maximum atomic E-state index is 12.5. The summed E-state index contributed by atoms with van der Waals surface area (Å²) in [5.41, 5.74) is 4.50. The molecule has 0 radical (unpaired) electrons. The van der Waals surface area contributed by atoms with Crippen molar-refractivity contribution < 1.29 is 4.79 Å². The van der Waals surface area contributed by atoms with Crippen LogP contribution in [-0.2, 0) is 24.8 Å². The quantitative estimate of drug-likeness (QED) is 0.796. The smallest absolute Gasteiger partial charge is 0.222 e. The van der Waals surface area contributed by atoms with Crippen molar-refractivity contribution in [2.75, 3.05) is 0 Å². The van der Waals surface area contributed by atoms with Gasteiger partial charge < -0.3 is 5.32 Å². The number of amides is 1. The highest BCUT2D eigenvalue weighted by Gasteiger charge is 2.24. The van der Waals surface area contributed by atoms with E-state index in [1.165, 1.54) is 11.3 Å². The van der Waals surface area contributed by atoms with Gasteiger partial charge in [0.2, 0.25) is 5.91 Å². The summed E-state index contributed by atoms with van der Waals surface area (Å²) in [5.74, 6) is 0.0685. The van der Waals surface area contributed by atoms with Gasteiger partial charge in [-0.1, -0.05) is 18.2 Å². The highest BCUT2D eigenvalue weighted by atomic mass is 16.1. The van der Waals surface area contributed by atoms with Crippen LogP contribution in [0.3, 0.4) is 0 Å². The number of carbonyl (C=O) groups is 1. The molecule has 2 aromatic heterocycles. The first-order valence-electron chi connectivity index (χ1n) is 8.86. The normalized spacial score (nSPS) is 16.8. The van der Waals surface area contributed by atoms with Gasteiger partial charge in [0, 0.05) is 30.1 Å². The van der Waals surface area contributed by atoms with Crippen molar-refractivity contribution in [3.63, 3.8) is 0 Å². The predicted octanol–water partition coefficient (Wildman–Crippen LogP) is 2.66. The number of carbonyl (C=O) groups excluding carboxylic acids is 1. The number of para-hydroxylation sites is 1. The molecule has 0 unspecified atom stereocenters. The van der Waals surface area contributed by atoms with Gasteiger partial charge in [0.05, 0.1) is 30.0 Å². The molecule has 1 aliphatic carbocycles. The number of hydrogen-bond donors (Lipinski definition) is 1. The summed E-state index contributed by atoms with van der Waals surface area (Å²) in [7, 11) is 1.97. The molecule has 0 saturated heterocycles. The van der Waals surface area contributed by atoms with Crippen LogP contribution < -0.4 is 5.32 Å². The first-order valence-corrected chi connectivity index (χ1v) is 8.86. The number of fused-ring (bicyclic) bond motifs is 2. The summed E-state index contributed by atoms with van der Waals surface area (Å²) in [4.78, 5) is 12.5. The number of aromatic nitrogens is 4. The van der Waals surface area contributed by atoms with Crippen LogP contribution in [0.1, 0.15) is 42.3 Å². The van der Waals surface area contributed by atoms with Gasteiger partial charge in [-0.3, -0.25) is 14.2 Å². The zero-order valence-corrected chi connectivity index (χ0v) is 14.7. The van der Waals surface area contributed by atoms with E-state index in [4.69, 9.17) is 0 Å². The van der Waals surface area contributed by atoms with E-state index in [0.29, 0.717) is 13.0 Å². The summed E-state index contributed by atoms with van der Waals surface area (Å²) in [6.45, 7) is 2.59. The van der Waals surface area contributed by atoms with E-state index in [1.54, 1.807) is 0 Å². The lowest BCUT2D eigenvalue weighted by Crippen LogP contribution is -2.31. The van der Waals surface area contributed by atoms with Gasteiger partial charge in [-0.05, 0) is 32.3 Å². The minimum absolute atomic E-state index is 0.0685. The molecule has 1 aromatic carbocycles. The number of aryl methyl sites for hydroxylation is 3. The van der Waals surface area contributed by atoms with Crippen LogP contribution in [0, 0.1) is 6.92 Å². The maximum absolute atomic E-state index is 12.5. The van der Waals surface area contributed by atoms with E-state index < -0.39 is 0 Å². The number of hydrogen-bond acceptors (Lipinski definition) is 3. The Morgan fingerprint density at radius 3 is 3.08 bits per heavy atom. The van der Waals surface area contributed by atoms with Gasteiger partial charge in [-0.25, -0.2) is 0 Å². The molecule has 4 rings (SSSR count). The van der Waals surface area contributed by atoms with Gasteiger partial charge in [-0.2, -0.15) is 10.2 Å². The van der Waals surface area contributed by atoms with Crippen LogP contribution in [0.25, 0.3) is 10.9 Å². The molecule has 6 nitrogen and oxygen atoms in total. The van der Waals surface area contributed by atoms with Gasteiger partial charge in [0.1, 0.15) is 0 Å². The zero-order chi connectivity index (χ0) is 17.4. The van der Waals surface area contributed by atoms with Crippen molar-refractivity contribution in [2.24, 2.45) is 7.05 Å². The lowest BCUT2D eigenvalue weighted by molar-refractivity contribution is -0.122. The molecule has 1 amide bonds. The van der Waals surface area contributed by atoms with E-state index in [-0.39, 0.29) is 11.9 Å². The monoisotopic (exact) mass is 337 g/mol. The summed E-state index contributed by atoms with van der Waals surface area (Å²) < 4.78 is 3.85. The summed E-state index contributed by atoms with van der Waals surface area (Å²) in [6, 6.07) is 8.23. The van der Waals surface area contributed by atoms with E-state index in [0.717, 1.165) is 35.9 Å². The molecule has 0 spiro atoms. The average Bonchev–Trinajstić information content (AvgIpc) is 3.15. The fourth-order valence-electron chi connectivity index (χ4n) is 3.79. The molecule has 0 bridgehead atoms. The molecule has 25 heavy (non-hydrogen) atoms. The molecule has 3 aromatic rings. The maximum Gasteiger partial charge on any atom is 0.222 e. The summed E-state index contributed by atoms with van der Waals surface area (Å²) >= 11 is 0. The second-order valence-electron chi connectivity index (χ2n) is 6.76. The minimum atomic E-state index is 0.0685. The lowest BCUT2D eigenvalue weighted by Gasteiger charge is -2.23. The van der Waals surface area contributed by atoms with Crippen LogP contribution in [0.4, 0.5) is 0 Å². The SMILES string of the molecule is Cc1nn(CCC(=O)N[C@@H]2CCCc3c2cnn3C)c2ccccc12. The molecular weight excluding hydrogens is 314 g/mol.